The molecule has 5 heterocycles. The van der Waals surface area contributed by atoms with Crippen molar-refractivity contribution in [2.24, 2.45) is 0 Å². The molecule has 0 saturated carbocycles. The average molecular weight is 873 g/mol. The molecule has 2 aromatic heterocycles. The predicted molar refractivity (Wildman–Crippen MR) is 224 cm³/mol. The lowest BCUT2D eigenvalue weighted by atomic mass is 9.98. The van der Waals surface area contributed by atoms with Crippen molar-refractivity contribution in [1.29, 1.82) is 0 Å². The van der Waals surface area contributed by atoms with Crippen LogP contribution in [0.1, 0.15) is 28.8 Å². The summed E-state index contributed by atoms with van der Waals surface area (Å²) >= 11 is 12.7. The standard InChI is InChI=1S/C20H13ClF2N2O3.C20H15ClF2N2O2.C4H7BO/c21-13-9-17-16(27-6-7-28-17)8-12(13)11-4-5-18(24-10-11)25-20(26)19-14(22)2-1-3-15(19)23;21-15-9-19-18(26-6-7-27-19)8-13(15)12-4-5-20(24-10-12)25-11-14-16(22)2-1-3-17(14)23;5-4-2-1-3-6-4/h1-5,8-10H,6-7H2,(H,24,25,26);1-5,8-10H,6-7,11H2,(H,24,25);4H,1-3H2. The molecule has 3 aliphatic heterocycles. The van der Waals surface area contributed by atoms with E-state index in [9.17, 15) is 22.4 Å². The number of ether oxygens (including phenoxy) is 5. The van der Waals surface area contributed by atoms with Gasteiger partial charge in [0.25, 0.3) is 5.91 Å². The van der Waals surface area contributed by atoms with Crippen LogP contribution < -0.4 is 29.6 Å². The van der Waals surface area contributed by atoms with Crippen LogP contribution in [0.2, 0.25) is 10.0 Å². The highest BCUT2D eigenvalue weighted by molar-refractivity contribution is 6.34. The summed E-state index contributed by atoms with van der Waals surface area (Å²) in [5.74, 6) is -0.958. The molecule has 2 N–H and O–H groups in total. The minimum absolute atomic E-state index is 0.00433. The zero-order valence-corrected chi connectivity index (χ0v) is 33.7. The van der Waals surface area contributed by atoms with E-state index in [4.69, 9.17) is 54.7 Å². The molecule has 1 amide bonds. The van der Waals surface area contributed by atoms with E-state index in [1.165, 1.54) is 36.5 Å². The van der Waals surface area contributed by atoms with Gasteiger partial charge in [0.1, 0.15) is 74.7 Å². The summed E-state index contributed by atoms with van der Waals surface area (Å²) < 4.78 is 81.9. The third kappa shape index (κ3) is 10.8. The van der Waals surface area contributed by atoms with Crippen molar-refractivity contribution in [3.8, 4) is 45.3 Å². The molecule has 0 bridgehead atoms. The van der Waals surface area contributed by atoms with Gasteiger partial charge in [-0.05, 0) is 73.5 Å². The van der Waals surface area contributed by atoms with Gasteiger partial charge in [0.05, 0.1) is 10.0 Å². The second kappa shape index (κ2) is 20.0. The zero-order valence-electron chi connectivity index (χ0n) is 32.2. The van der Waals surface area contributed by atoms with Gasteiger partial charge in [0, 0.05) is 71.5 Å². The Balaban J connectivity index is 0.000000162. The van der Waals surface area contributed by atoms with Gasteiger partial charge in [0.15, 0.2) is 23.0 Å². The van der Waals surface area contributed by atoms with Crippen LogP contribution in [-0.2, 0) is 11.3 Å². The third-order valence-corrected chi connectivity index (χ3v) is 9.94. The van der Waals surface area contributed by atoms with Gasteiger partial charge >= 0.3 is 0 Å². The van der Waals surface area contributed by atoms with Crippen molar-refractivity contribution in [2.75, 3.05) is 43.7 Å². The lowest BCUT2D eigenvalue weighted by molar-refractivity contribution is 0.101. The summed E-state index contributed by atoms with van der Waals surface area (Å²) in [4.78, 5) is 20.6. The maximum atomic E-state index is 13.7. The molecular formula is C44H35BCl2F4N4O6. The number of nitrogens with zero attached hydrogens (tertiary/aromatic N) is 2. The van der Waals surface area contributed by atoms with E-state index < -0.39 is 34.7 Å². The highest BCUT2D eigenvalue weighted by Gasteiger charge is 2.20. The number of fused-ring (bicyclic) bond motifs is 2. The van der Waals surface area contributed by atoms with Crippen molar-refractivity contribution < 1.29 is 46.0 Å². The molecule has 9 rings (SSSR count). The minimum atomic E-state index is -0.947. The Morgan fingerprint density at radius 3 is 1.56 bits per heavy atom. The number of aromatic nitrogens is 2. The molecule has 1 saturated heterocycles. The molecule has 2 radical (unpaired) electrons. The van der Waals surface area contributed by atoms with E-state index >= 15 is 0 Å². The summed E-state index contributed by atoms with van der Waals surface area (Å²) in [7, 11) is 5.31. The Bertz CT molecular complexity index is 2460. The Labute approximate surface area is 359 Å². The first-order chi connectivity index (χ1) is 29.5. The van der Waals surface area contributed by atoms with Crippen LogP contribution in [-0.4, -0.2) is 62.8 Å². The number of benzene rings is 4. The Morgan fingerprint density at radius 1 is 0.656 bits per heavy atom. The number of amides is 1. The van der Waals surface area contributed by atoms with Crippen LogP contribution in [0.5, 0.6) is 23.0 Å². The Morgan fingerprint density at radius 2 is 1.13 bits per heavy atom. The first-order valence-corrected chi connectivity index (χ1v) is 19.7. The number of hydrogen-bond acceptors (Lipinski definition) is 9. The molecule has 1 atom stereocenters. The van der Waals surface area contributed by atoms with Gasteiger partial charge < -0.3 is 34.3 Å². The molecule has 1 unspecified atom stereocenters. The molecule has 1 fully saturated rings. The maximum Gasteiger partial charge on any atom is 0.262 e. The monoisotopic (exact) mass is 872 g/mol. The number of halogens is 6. The number of nitrogens with one attached hydrogen (secondary N) is 2. The van der Waals surface area contributed by atoms with Gasteiger partial charge in [-0.15, -0.1) is 0 Å². The third-order valence-electron chi connectivity index (χ3n) is 9.32. The molecule has 312 valence electrons. The average Bonchev–Trinajstić information content (AvgIpc) is 3.75. The van der Waals surface area contributed by atoms with Crippen LogP contribution in [0, 0.1) is 23.3 Å². The summed E-state index contributed by atoms with van der Waals surface area (Å²) in [6.45, 7) is 2.75. The Kier molecular flexibility index (Phi) is 14.1. The van der Waals surface area contributed by atoms with E-state index in [1.807, 2.05) is 12.1 Å². The van der Waals surface area contributed by atoms with Crippen molar-refractivity contribution >= 4 is 48.6 Å². The molecule has 17 heteroatoms. The minimum Gasteiger partial charge on any atom is -0.486 e. The predicted octanol–water partition coefficient (Wildman–Crippen LogP) is 10.1. The Hall–Kier alpha value is -6.03. The lowest BCUT2D eigenvalue weighted by Gasteiger charge is -2.20. The normalized spacial score (nSPS) is 14.8. The second-order valence-electron chi connectivity index (χ2n) is 13.5. The maximum absolute atomic E-state index is 13.7. The van der Waals surface area contributed by atoms with Crippen molar-refractivity contribution in [2.45, 2.75) is 25.4 Å². The van der Waals surface area contributed by atoms with E-state index in [-0.39, 0.29) is 23.9 Å². The quantitative estimate of drug-likeness (QED) is 0.120. The fraction of sp³-hybridized carbons (Fsp3) is 0.205. The molecule has 0 aliphatic carbocycles. The number of hydrogen-bond donors (Lipinski definition) is 2. The van der Waals surface area contributed by atoms with Gasteiger partial charge in [-0.1, -0.05) is 35.3 Å². The van der Waals surface area contributed by atoms with E-state index in [0.717, 1.165) is 42.7 Å². The largest absolute Gasteiger partial charge is 0.486 e. The van der Waals surface area contributed by atoms with E-state index in [1.54, 1.807) is 36.5 Å². The number of carbonyl (C=O) groups is 1. The lowest BCUT2D eigenvalue weighted by Crippen LogP contribution is -2.16. The van der Waals surface area contributed by atoms with E-state index in [2.05, 4.69) is 20.6 Å². The van der Waals surface area contributed by atoms with Crippen molar-refractivity contribution in [3.05, 3.63) is 142 Å². The molecule has 10 nitrogen and oxygen atoms in total. The van der Waals surface area contributed by atoms with Crippen LogP contribution in [0.3, 0.4) is 0 Å². The molecular weight excluding hydrogens is 838 g/mol. The highest BCUT2D eigenvalue weighted by atomic mass is 35.5. The SMILES string of the molecule is Fc1cccc(F)c1CNc1ccc(-c2cc3c(cc2Cl)OCCO3)cn1.O=C(Nc1ccc(-c2cc3c(cc2Cl)OCCO3)cn1)c1c(F)cccc1F.[B]C1CCCO1. The molecule has 3 aliphatic rings. The smallest absolute Gasteiger partial charge is 0.262 e. The zero-order chi connectivity index (χ0) is 42.9. The number of rotatable bonds is 7. The molecule has 61 heavy (non-hydrogen) atoms. The van der Waals surface area contributed by atoms with Crippen molar-refractivity contribution in [3.63, 3.8) is 0 Å². The second-order valence-corrected chi connectivity index (χ2v) is 14.3. The van der Waals surface area contributed by atoms with Crippen LogP contribution in [0.25, 0.3) is 22.3 Å². The van der Waals surface area contributed by atoms with Gasteiger partial charge in [-0.2, -0.15) is 0 Å². The topological polar surface area (TPSA) is 113 Å². The van der Waals surface area contributed by atoms with Gasteiger partial charge in [-0.25, -0.2) is 27.5 Å². The highest BCUT2D eigenvalue weighted by Crippen LogP contribution is 2.41. The summed E-state index contributed by atoms with van der Waals surface area (Å²) in [6, 6.07) is 20.7. The van der Waals surface area contributed by atoms with E-state index in [0.29, 0.717) is 76.4 Å². The number of anilines is 2. The van der Waals surface area contributed by atoms with Crippen LogP contribution in [0.15, 0.2) is 97.3 Å². The van der Waals surface area contributed by atoms with Crippen LogP contribution in [0.4, 0.5) is 29.2 Å². The molecule has 4 aromatic carbocycles. The molecule has 6 aromatic rings. The fourth-order valence-corrected chi connectivity index (χ4v) is 6.76. The van der Waals surface area contributed by atoms with Crippen molar-refractivity contribution in [1.82, 2.24) is 9.97 Å². The first-order valence-electron chi connectivity index (χ1n) is 18.9. The molecule has 0 spiro atoms. The number of carbonyl (C=O) groups excluding carboxylic acids is 1. The van der Waals surface area contributed by atoms with Gasteiger partial charge in [0.2, 0.25) is 0 Å². The summed E-state index contributed by atoms with van der Waals surface area (Å²) in [5.41, 5.74) is 2.22. The van der Waals surface area contributed by atoms with Crippen LogP contribution >= 0.6 is 23.2 Å². The summed E-state index contributed by atoms with van der Waals surface area (Å²) in [5, 5.41) is 6.27. The van der Waals surface area contributed by atoms with Gasteiger partial charge in [-0.3, -0.25) is 4.79 Å². The first kappa shape index (κ1) is 43.1. The summed E-state index contributed by atoms with van der Waals surface area (Å²) in [6.07, 6.45) is 5.31. The fourth-order valence-electron chi connectivity index (χ4n) is 6.23. The number of pyridine rings is 2.